The Morgan fingerprint density at radius 3 is 1.55 bits per heavy atom. The lowest BCUT2D eigenvalue weighted by Gasteiger charge is -2.31. The van der Waals surface area contributed by atoms with Crippen molar-refractivity contribution < 1.29 is 53.1 Å². The van der Waals surface area contributed by atoms with Gasteiger partial charge in [0.2, 0.25) is 59.1 Å². The molecule has 91 heavy (non-hydrogen) atoms. The molecule has 0 aliphatic carbocycles. The van der Waals surface area contributed by atoms with Gasteiger partial charge < -0.3 is 98.0 Å². The molecule has 2 fully saturated rings. The average molecular weight is 1270 g/mol. The zero-order chi connectivity index (χ0) is 67.3. The van der Waals surface area contributed by atoms with Gasteiger partial charge in [-0.3, -0.25) is 62.9 Å². The molecule has 0 radical (unpaired) electrons. The minimum Gasteiger partial charge on any atom is -0.508 e. The number of phenolic OH excluding ortho intramolecular Hbond substituents is 1. The summed E-state index contributed by atoms with van der Waals surface area (Å²) < 4.78 is 0. The highest BCUT2D eigenvalue weighted by Crippen LogP contribution is 2.22. The van der Waals surface area contributed by atoms with Crippen LogP contribution in [0.15, 0.2) is 69.6 Å². The summed E-state index contributed by atoms with van der Waals surface area (Å²) in [4.78, 5) is 155. The number of rotatable bonds is 37. The van der Waals surface area contributed by atoms with Gasteiger partial charge in [-0.25, -0.2) is 0 Å². The molecule has 502 valence electrons. The first-order chi connectivity index (χ1) is 43.2. The van der Waals surface area contributed by atoms with Crippen molar-refractivity contribution in [1.29, 1.82) is 0 Å². The molecule has 4 rings (SSSR count). The second kappa shape index (κ2) is 37.6. The molecule has 10 amide bonds. The maximum atomic E-state index is 14.7. The molecule has 10 atom stereocenters. The highest BCUT2D eigenvalue weighted by molar-refractivity contribution is 5.99. The number of hydrogen-bond donors (Lipinski definition) is 16. The van der Waals surface area contributed by atoms with Gasteiger partial charge in [-0.05, 0) is 112 Å². The molecule has 0 spiro atoms. The molecule has 0 saturated carbocycles. The molecule has 2 aliphatic rings. The smallest absolute Gasteiger partial charge is 0.245 e. The van der Waals surface area contributed by atoms with Crippen LogP contribution in [0.1, 0.15) is 116 Å². The number of nitrogens with zero attached hydrogens (tertiary/aromatic N) is 5. The number of nitrogens with one attached hydrogen (secondary N) is 7. The molecule has 24 N–H and O–H groups in total. The van der Waals surface area contributed by atoms with Crippen molar-refractivity contribution in [2.75, 3.05) is 39.3 Å². The van der Waals surface area contributed by atoms with Gasteiger partial charge in [-0.1, -0.05) is 76.6 Å². The van der Waals surface area contributed by atoms with Crippen molar-refractivity contribution >= 4 is 77.0 Å². The fourth-order valence-corrected chi connectivity index (χ4v) is 10.6. The molecular weight excluding hydrogens is 1180 g/mol. The lowest BCUT2D eigenvalue weighted by Crippen LogP contribution is -2.61. The fraction of sp³-hybridized carbons (Fsp3) is 0.583. The monoisotopic (exact) mass is 1270 g/mol. The Balaban J connectivity index is 1.59. The van der Waals surface area contributed by atoms with E-state index in [0.29, 0.717) is 36.8 Å². The van der Waals surface area contributed by atoms with E-state index < -0.39 is 126 Å². The lowest BCUT2D eigenvalue weighted by atomic mass is 9.96. The molecule has 31 nitrogen and oxygen atoms in total. The Labute approximate surface area is 530 Å². The molecule has 2 heterocycles. The topological polar surface area (TPSA) is 527 Å². The number of aromatic hydroxyl groups is 1. The standard InChI is InChI=1S/C60H96N20O11/c1-5-35(4)48(56(90)75-42(18-11-27-71-60(67)68)57(91)80-29-12-19-45(80)49(62)83)78-52(86)41(17-10-26-70-59(65)66)73-51(85)40(16-9-25-69-58(63)64)74-53(87)43(30-34(2)3)76-54(88)44(32-36-14-7-6-8-15-36)77-55(89)46-20-13-28-79(46)47(82)33-72-50(84)39(61)31-37-21-23-38(81)24-22-37/h6-8,14-15,21-24,34-35,39-46,48,81H,5,9-13,16-20,25-33,61H2,1-4H3,(H2,62,83)(H,72,84)(H,73,85)(H,74,87)(H,75,90)(H,76,88)(H,77,89)(H,78,86)(H4,63,64,69)(H4,65,66,70)(H4,67,68,71)/t35-,39-,40-,41-,42-,43-,44-,45-,46-,48-/m0/s1. The van der Waals surface area contributed by atoms with Crippen molar-refractivity contribution in [3.63, 3.8) is 0 Å². The Hall–Kier alpha value is -9.29. The van der Waals surface area contributed by atoms with Crippen LogP contribution in [0.3, 0.4) is 0 Å². The highest BCUT2D eigenvalue weighted by atomic mass is 16.3. The molecule has 2 saturated heterocycles. The number of benzene rings is 2. The number of primary amides is 1. The molecule has 2 aromatic rings. The van der Waals surface area contributed by atoms with Gasteiger partial charge in [-0.15, -0.1) is 0 Å². The second-order valence-corrected chi connectivity index (χ2v) is 23.4. The molecular formula is C60H96N20O11. The van der Waals surface area contributed by atoms with E-state index in [2.05, 4.69) is 52.2 Å². The fourth-order valence-electron chi connectivity index (χ4n) is 10.6. The van der Waals surface area contributed by atoms with Crippen LogP contribution in [0.4, 0.5) is 0 Å². The number of hydrogen-bond acceptors (Lipinski definition) is 15. The molecule has 0 unspecified atom stereocenters. The van der Waals surface area contributed by atoms with E-state index in [4.69, 9.17) is 45.9 Å². The van der Waals surface area contributed by atoms with E-state index in [1.54, 1.807) is 56.3 Å². The van der Waals surface area contributed by atoms with Crippen LogP contribution >= 0.6 is 0 Å². The number of carbonyl (C=O) groups excluding carboxylic acids is 10. The first-order valence-electron chi connectivity index (χ1n) is 30.9. The Morgan fingerprint density at radius 2 is 1.02 bits per heavy atom. The number of likely N-dealkylation sites (tertiary alicyclic amines) is 2. The zero-order valence-corrected chi connectivity index (χ0v) is 52.6. The Morgan fingerprint density at radius 1 is 0.549 bits per heavy atom. The van der Waals surface area contributed by atoms with Crippen molar-refractivity contribution in [3.05, 3.63) is 65.7 Å². The number of guanidine groups is 3. The van der Waals surface area contributed by atoms with E-state index >= 15 is 0 Å². The third-order valence-corrected chi connectivity index (χ3v) is 15.6. The number of nitrogens with two attached hydrogens (primary N) is 8. The normalized spacial score (nSPS) is 17.0. The van der Waals surface area contributed by atoms with Gasteiger partial charge >= 0.3 is 0 Å². The summed E-state index contributed by atoms with van der Waals surface area (Å²) >= 11 is 0. The largest absolute Gasteiger partial charge is 0.508 e. The first kappa shape index (κ1) is 74.2. The van der Waals surface area contributed by atoms with Crippen LogP contribution in [0.25, 0.3) is 0 Å². The number of aliphatic imine (C=N–C) groups is 3. The molecule has 0 aromatic heterocycles. The van der Waals surface area contributed by atoms with Crippen molar-refractivity contribution in [3.8, 4) is 5.75 Å². The second-order valence-electron chi connectivity index (χ2n) is 23.4. The summed E-state index contributed by atoms with van der Waals surface area (Å²) in [6.07, 6.45) is 2.41. The van der Waals surface area contributed by atoms with Gasteiger partial charge in [0.05, 0.1) is 12.6 Å². The van der Waals surface area contributed by atoms with E-state index in [1.807, 2.05) is 13.8 Å². The third kappa shape index (κ3) is 25.3. The molecule has 2 aromatic carbocycles. The van der Waals surface area contributed by atoms with E-state index in [0.717, 1.165) is 0 Å². The minimum atomic E-state index is -1.40. The van der Waals surface area contributed by atoms with Gasteiger partial charge in [0.25, 0.3) is 0 Å². The minimum absolute atomic E-state index is 0.0246. The predicted molar refractivity (Wildman–Crippen MR) is 342 cm³/mol. The van der Waals surface area contributed by atoms with Crippen LogP contribution in [-0.4, -0.2) is 186 Å². The zero-order valence-electron chi connectivity index (χ0n) is 52.6. The van der Waals surface area contributed by atoms with Crippen molar-refractivity contribution in [2.24, 2.45) is 72.7 Å². The summed E-state index contributed by atoms with van der Waals surface area (Å²) in [7, 11) is 0. The predicted octanol–water partition coefficient (Wildman–Crippen LogP) is -3.75. The van der Waals surface area contributed by atoms with Crippen LogP contribution in [-0.2, 0) is 60.8 Å². The molecule has 31 heteroatoms. The summed E-state index contributed by atoms with van der Waals surface area (Å²) in [5, 5.41) is 28.8. The summed E-state index contributed by atoms with van der Waals surface area (Å²) in [6, 6.07) is 4.14. The van der Waals surface area contributed by atoms with Crippen LogP contribution in [0.2, 0.25) is 0 Å². The first-order valence-corrected chi connectivity index (χ1v) is 30.9. The lowest BCUT2D eigenvalue weighted by molar-refractivity contribution is -0.141. The van der Waals surface area contributed by atoms with E-state index in [1.165, 1.54) is 21.9 Å². The highest BCUT2D eigenvalue weighted by Gasteiger charge is 2.40. The van der Waals surface area contributed by atoms with Gasteiger partial charge in [0.15, 0.2) is 17.9 Å². The van der Waals surface area contributed by atoms with Crippen molar-refractivity contribution in [2.45, 2.75) is 172 Å². The average Bonchev–Trinajstić information content (AvgIpc) is 2.02. The van der Waals surface area contributed by atoms with Gasteiger partial charge in [-0.2, -0.15) is 0 Å². The maximum absolute atomic E-state index is 14.7. The summed E-state index contributed by atoms with van der Waals surface area (Å²) in [6.45, 7) is 7.24. The van der Waals surface area contributed by atoms with Crippen LogP contribution in [0, 0.1) is 11.8 Å². The SMILES string of the molecule is CC[C@H](C)[C@H](NC(=O)[C@H](CCCN=C(N)N)NC(=O)[C@H](CCCN=C(N)N)NC(=O)[C@H](CC(C)C)NC(=O)[C@H](Cc1ccccc1)NC(=O)[C@@H]1CCCN1C(=O)CNC(=O)[C@@H](N)Cc1ccc(O)cc1)C(=O)N[C@@H](CCCN=C(N)N)C(=O)N1CCC[C@H]1C(N)=O. The van der Waals surface area contributed by atoms with Gasteiger partial charge in [0.1, 0.15) is 54.1 Å². The quantitative estimate of drug-likeness (QED) is 0.0176. The molecule has 0 bridgehead atoms. The maximum Gasteiger partial charge on any atom is 0.245 e. The van der Waals surface area contributed by atoms with Crippen LogP contribution in [0.5, 0.6) is 5.75 Å². The van der Waals surface area contributed by atoms with E-state index in [-0.39, 0.29) is 126 Å². The Kier molecular flexibility index (Phi) is 30.7. The number of carbonyl (C=O) groups is 10. The number of amides is 10. The Bertz CT molecular complexity index is 2860. The number of phenols is 1. The third-order valence-electron chi connectivity index (χ3n) is 15.6. The van der Waals surface area contributed by atoms with Gasteiger partial charge in [0, 0.05) is 39.1 Å². The summed E-state index contributed by atoms with van der Waals surface area (Å²) in [5.74, 6) is -8.40. The summed E-state index contributed by atoms with van der Waals surface area (Å²) in [5.41, 5.74) is 46.6. The molecule has 2 aliphatic heterocycles. The van der Waals surface area contributed by atoms with Crippen LogP contribution < -0.4 is 83.1 Å². The van der Waals surface area contributed by atoms with Crippen molar-refractivity contribution in [1.82, 2.24) is 47.0 Å². The van der Waals surface area contributed by atoms with E-state index in [9.17, 15) is 53.1 Å².